The Morgan fingerprint density at radius 1 is 1.46 bits per heavy atom. The summed E-state index contributed by atoms with van der Waals surface area (Å²) in [5, 5.41) is 1.98. The lowest BCUT2D eigenvalue weighted by Crippen LogP contribution is -2.11. The second kappa shape index (κ2) is 3.92. The molecule has 0 unspecified atom stereocenters. The quantitative estimate of drug-likeness (QED) is 0.683. The van der Waals surface area contributed by atoms with Gasteiger partial charge in [0.2, 0.25) is 0 Å². The van der Waals surface area contributed by atoms with E-state index in [1.54, 1.807) is 0 Å². The van der Waals surface area contributed by atoms with Crippen LogP contribution in [0, 0.1) is 13.8 Å². The molecule has 0 aliphatic carbocycles. The van der Waals surface area contributed by atoms with E-state index in [-0.39, 0.29) is 12.1 Å². The maximum absolute atomic E-state index is 11.5. The molecule has 1 heterocycles. The Bertz CT molecular complexity index is 313. The Kier molecular flexibility index (Phi) is 3.09. The van der Waals surface area contributed by atoms with Crippen molar-refractivity contribution in [3.63, 3.8) is 0 Å². The van der Waals surface area contributed by atoms with Gasteiger partial charge in [0, 0.05) is 0 Å². The van der Waals surface area contributed by atoms with Crippen LogP contribution in [-0.4, -0.2) is 12.1 Å². The zero-order valence-corrected chi connectivity index (χ0v) is 9.20. The van der Waals surface area contributed by atoms with Gasteiger partial charge in [0.05, 0.1) is 6.10 Å². The molecule has 0 saturated heterocycles. The third kappa shape index (κ3) is 2.31. The van der Waals surface area contributed by atoms with Gasteiger partial charge in [-0.1, -0.05) is 0 Å². The molecule has 0 bridgehead atoms. The molecule has 0 aliphatic rings. The molecular weight excluding hydrogens is 184 g/mol. The molecule has 1 aromatic rings. The highest BCUT2D eigenvalue weighted by molar-refractivity contribution is 7.12. The van der Waals surface area contributed by atoms with Crippen molar-refractivity contribution in [2.24, 2.45) is 0 Å². The van der Waals surface area contributed by atoms with Gasteiger partial charge in [-0.3, -0.25) is 0 Å². The van der Waals surface area contributed by atoms with Gasteiger partial charge in [-0.2, -0.15) is 0 Å². The monoisotopic (exact) mass is 198 g/mol. The van der Waals surface area contributed by atoms with E-state index in [2.05, 4.69) is 0 Å². The number of thiophene rings is 1. The molecule has 1 rings (SSSR count). The molecule has 72 valence electrons. The van der Waals surface area contributed by atoms with Gasteiger partial charge >= 0.3 is 5.97 Å². The van der Waals surface area contributed by atoms with Crippen molar-refractivity contribution < 1.29 is 9.53 Å². The zero-order chi connectivity index (χ0) is 10.0. The SMILES string of the molecule is Cc1csc(C(=O)OC(C)C)c1C. The summed E-state index contributed by atoms with van der Waals surface area (Å²) in [6.07, 6.45) is -0.0469. The van der Waals surface area contributed by atoms with Gasteiger partial charge in [-0.05, 0) is 44.2 Å². The van der Waals surface area contributed by atoms with Crippen molar-refractivity contribution in [3.8, 4) is 0 Å². The summed E-state index contributed by atoms with van der Waals surface area (Å²) in [6, 6.07) is 0. The molecular formula is C10H14O2S. The molecule has 0 aliphatic heterocycles. The van der Waals surface area contributed by atoms with E-state index < -0.39 is 0 Å². The lowest BCUT2D eigenvalue weighted by atomic mass is 10.2. The Morgan fingerprint density at radius 2 is 2.08 bits per heavy atom. The minimum absolute atomic E-state index is 0.0469. The molecule has 0 amide bonds. The molecule has 2 nitrogen and oxygen atoms in total. The van der Waals surface area contributed by atoms with Crippen LogP contribution < -0.4 is 0 Å². The van der Waals surface area contributed by atoms with Crippen molar-refractivity contribution in [3.05, 3.63) is 21.4 Å². The van der Waals surface area contributed by atoms with Gasteiger partial charge < -0.3 is 4.74 Å². The van der Waals surface area contributed by atoms with E-state index >= 15 is 0 Å². The van der Waals surface area contributed by atoms with Gasteiger partial charge in [0.15, 0.2) is 0 Å². The third-order valence-electron chi connectivity index (χ3n) is 1.81. The molecule has 3 heteroatoms. The van der Waals surface area contributed by atoms with Crippen LogP contribution in [0.3, 0.4) is 0 Å². The highest BCUT2D eigenvalue weighted by Gasteiger charge is 2.14. The zero-order valence-electron chi connectivity index (χ0n) is 8.38. The Balaban J connectivity index is 2.83. The minimum atomic E-state index is -0.203. The maximum Gasteiger partial charge on any atom is 0.348 e. The standard InChI is InChI=1S/C10H14O2S/c1-6(2)12-10(11)9-8(4)7(3)5-13-9/h5-6H,1-4H3. The normalized spacial score (nSPS) is 10.5. The van der Waals surface area contributed by atoms with Crippen LogP contribution in [0.4, 0.5) is 0 Å². The molecule has 0 N–H and O–H groups in total. The largest absolute Gasteiger partial charge is 0.459 e. The summed E-state index contributed by atoms with van der Waals surface area (Å²) in [5.41, 5.74) is 2.19. The molecule has 13 heavy (non-hydrogen) atoms. The second-order valence-corrected chi connectivity index (χ2v) is 4.21. The van der Waals surface area contributed by atoms with Gasteiger partial charge in [-0.15, -0.1) is 11.3 Å². The first kappa shape index (κ1) is 10.3. The number of carbonyl (C=O) groups excluding carboxylic acids is 1. The van der Waals surface area contributed by atoms with E-state index in [1.807, 2.05) is 33.1 Å². The van der Waals surface area contributed by atoms with Crippen molar-refractivity contribution in [2.75, 3.05) is 0 Å². The fourth-order valence-electron chi connectivity index (χ4n) is 0.972. The lowest BCUT2D eigenvalue weighted by Gasteiger charge is -2.06. The summed E-state index contributed by atoms with van der Waals surface area (Å²) in [4.78, 5) is 12.2. The number of esters is 1. The summed E-state index contributed by atoms with van der Waals surface area (Å²) in [5.74, 6) is -0.203. The minimum Gasteiger partial charge on any atom is -0.459 e. The van der Waals surface area contributed by atoms with Crippen molar-refractivity contribution in [1.82, 2.24) is 0 Å². The molecule has 0 saturated carbocycles. The summed E-state index contributed by atoms with van der Waals surface area (Å²) in [6.45, 7) is 7.65. The number of rotatable bonds is 2. The van der Waals surface area contributed by atoms with Crippen LogP contribution in [-0.2, 0) is 4.74 Å². The molecule has 0 radical (unpaired) electrons. The van der Waals surface area contributed by atoms with Crippen LogP contribution in [0.25, 0.3) is 0 Å². The van der Waals surface area contributed by atoms with E-state index in [1.165, 1.54) is 11.3 Å². The summed E-state index contributed by atoms with van der Waals surface area (Å²) < 4.78 is 5.10. The Hall–Kier alpha value is -0.830. The Morgan fingerprint density at radius 3 is 2.46 bits per heavy atom. The average molecular weight is 198 g/mol. The number of ether oxygens (including phenoxy) is 1. The van der Waals surface area contributed by atoms with Gasteiger partial charge in [0.25, 0.3) is 0 Å². The first-order valence-corrected chi connectivity index (χ1v) is 5.16. The van der Waals surface area contributed by atoms with Crippen LogP contribution in [0.5, 0.6) is 0 Å². The number of hydrogen-bond acceptors (Lipinski definition) is 3. The smallest absolute Gasteiger partial charge is 0.348 e. The maximum atomic E-state index is 11.5. The molecule has 0 aromatic carbocycles. The lowest BCUT2D eigenvalue weighted by molar-refractivity contribution is 0.0383. The van der Waals surface area contributed by atoms with Crippen molar-refractivity contribution in [1.29, 1.82) is 0 Å². The van der Waals surface area contributed by atoms with Gasteiger partial charge in [0.1, 0.15) is 4.88 Å². The number of hydrogen-bond donors (Lipinski definition) is 0. The predicted molar refractivity (Wildman–Crippen MR) is 54.3 cm³/mol. The topological polar surface area (TPSA) is 26.3 Å². The predicted octanol–water partition coefficient (Wildman–Crippen LogP) is 2.93. The Labute approximate surface area is 82.5 Å². The van der Waals surface area contributed by atoms with Gasteiger partial charge in [-0.25, -0.2) is 4.79 Å². The highest BCUT2D eigenvalue weighted by atomic mass is 32.1. The average Bonchev–Trinajstić information content (AvgIpc) is 2.31. The van der Waals surface area contributed by atoms with E-state index in [9.17, 15) is 4.79 Å². The van der Waals surface area contributed by atoms with Crippen LogP contribution >= 0.6 is 11.3 Å². The van der Waals surface area contributed by atoms with Crippen LogP contribution in [0.1, 0.15) is 34.6 Å². The second-order valence-electron chi connectivity index (χ2n) is 3.33. The van der Waals surface area contributed by atoms with E-state index in [0.29, 0.717) is 0 Å². The van der Waals surface area contributed by atoms with Crippen molar-refractivity contribution in [2.45, 2.75) is 33.8 Å². The first-order chi connectivity index (χ1) is 6.02. The van der Waals surface area contributed by atoms with Crippen LogP contribution in [0.15, 0.2) is 5.38 Å². The number of carbonyl (C=O) groups is 1. The molecule has 0 fully saturated rings. The summed E-state index contributed by atoms with van der Waals surface area (Å²) in [7, 11) is 0. The van der Waals surface area contributed by atoms with E-state index in [4.69, 9.17) is 4.74 Å². The highest BCUT2D eigenvalue weighted by Crippen LogP contribution is 2.21. The van der Waals surface area contributed by atoms with E-state index in [0.717, 1.165) is 16.0 Å². The molecule has 0 spiro atoms. The molecule has 1 aromatic heterocycles. The van der Waals surface area contributed by atoms with Crippen LogP contribution in [0.2, 0.25) is 0 Å². The van der Waals surface area contributed by atoms with Crippen molar-refractivity contribution >= 4 is 17.3 Å². The molecule has 0 atom stereocenters. The fourth-order valence-corrected chi connectivity index (χ4v) is 1.93. The summed E-state index contributed by atoms with van der Waals surface area (Å²) >= 11 is 1.45. The fraction of sp³-hybridized carbons (Fsp3) is 0.500. The third-order valence-corrected chi connectivity index (χ3v) is 2.99. The first-order valence-electron chi connectivity index (χ1n) is 4.28. The number of aryl methyl sites for hydroxylation is 1.